The Bertz CT molecular complexity index is 1470. The number of nitrogens with one attached hydrogen (secondary N) is 4. The lowest BCUT2D eigenvalue weighted by molar-refractivity contribution is -0.137. The van der Waals surface area contributed by atoms with Crippen LogP contribution in [0.15, 0.2) is 60.4 Å². The van der Waals surface area contributed by atoms with E-state index < -0.39 is 36.1 Å². The predicted molar refractivity (Wildman–Crippen MR) is 183 cm³/mol. The number of nitrogens with two attached hydrogens (primary N) is 1. The van der Waals surface area contributed by atoms with E-state index in [0.717, 1.165) is 17.7 Å². The summed E-state index contributed by atoms with van der Waals surface area (Å²) in [4.78, 5) is 87.1. The molecular formula is C35H46N6O9. The minimum Gasteiger partial charge on any atom is -0.429 e. The Balaban J connectivity index is 1.51. The second-order valence-corrected chi connectivity index (χ2v) is 12.2. The van der Waals surface area contributed by atoms with Crippen molar-refractivity contribution in [1.29, 1.82) is 0 Å². The van der Waals surface area contributed by atoms with E-state index in [-0.39, 0.29) is 56.2 Å². The van der Waals surface area contributed by atoms with E-state index in [4.69, 9.17) is 15.2 Å². The van der Waals surface area contributed by atoms with Crippen LogP contribution in [0.3, 0.4) is 0 Å². The minimum absolute atomic E-state index is 0.0454. The SMILES string of the molecule is CC(C)[C@H](NC(=O)CCCCCN1C(=O)C=CC1=O)C(=O)N[C@@H](CCCNC(N)=O)C(=O)Nc1ccc(COC(=O)OC2=CCCC=C2)cc1. The number of nitrogens with zero attached hydrogens (tertiary/aromatic N) is 1. The van der Waals surface area contributed by atoms with Crippen molar-refractivity contribution in [3.05, 3.63) is 66.0 Å². The molecule has 1 aliphatic carbocycles. The Hall–Kier alpha value is -5.47. The number of unbranched alkanes of at least 4 members (excludes halogenated alkanes) is 2. The predicted octanol–water partition coefficient (Wildman–Crippen LogP) is 3.07. The fourth-order valence-electron chi connectivity index (χ4n) is 5.06. The molecule has 1 heterocycles. The van der Waals surface area contributed by atoms with Gasteiger partial charge in [0.25, 0.3) is 11.8 Å². The first-order valence-electron chi connectivity index (χ1n) is 16.7. The van der Waals surface area contributed by atoms with Crippen molar-refractivity contribution in [3.8, 4) is 0 Å². The van der Waals surface area contributed by atoms with Crippen LogP contribution >= 0.6 is 0 Å². The summed E-state index contributed by atoms with van der Waals surface area (Å²) in [6, 6.07) is 3.92. The molecule has 7 amide bonds. The van der Waals surface area contributed by atoms with E-state index in [1.165, 1.54) is 12.2 Å². The number of amides is 7. The fraction of sp³-hybridized carbons (Fsp3) is 0.457. The highest BCUT2D eigenvalue weighted by molar-refractivity contribution is 6.12. The Morgan fingerprint density at radius 3 is 2.24 bits per heavy atom. The average Bonchev–Trinajstić information content (AvgIpc) is 3.40. The number of allylic oxidation sites excluding steroid dienone is 3. The summed E-state index contributed by atoms with van der Waals surface area (Å²) in [7, 11) is 0. The first-order valence-corrected chi connectivity index (χ1v) is 16.7. The third kappa shape index (κ3) is 13.6. The summed E-state index contributed by atoms with van der Waals surface area (Å²) in [5, 5.41) is 10.7. The molecule has 1 aromatic rings. The first kappa shape index (κ1) is 39.0. The van der Waals surface area contributed by atoms with Gasteiger partial charge < -0.3 is 36.5 Å². The third-order valence-electron chi connectivity index (χ3n) is 7.79. The summed E-state index contributed by atoms with van der Waals surface area (Å²) in [6.07, 6.45) is 11.0. The van der Waals surface area contributed by atoms with Crippen LogP contribution in [0, 0.1) is 5.92 Å². The van der Waals surface area contributed by atoms with E-state index >= 15 is 0 Å². The van der Waals surface area contributed by atoms with Gasteiger partial charge in [-0.25, -0.2) is 9.59 Å². The van der Waals surface area contributed by atoms with Crippen molar-refractivity contribution in [2.24, 2.45) is 11.7 Å². The van der Waals surface area contributed by atoms with Crippen molar-refractivity contribution in [1.82, 2.24) is 20.9 Å². The summed E-state index contributed by atoms with van der Waals surface area (Å²) in [5.41, 5.74) is 6.22. The normalized spacial score (nSPS) is 14.9. The van der Waals surface area contributed by atoms with Crippen molar-refractivity contribution < 1.29 is 43.0 Å². The van der Waals surface area contributed by atoms with Gasteiger partial charge in [0.2, 0.25) is 17.7 Å². The number of carbonyl (C=O) groups excluding carboxylic acids is 7. The molecule has 3 rings (SSSR count). The second kappa shape index (κ2) is 20.1. The number of benzene rings is 1. The van der Waals surface area contributed by atoms with Gasteiger partial charge in [0.15, 0.2) is 0 Å². The average molecular weight is 695 g/mol. The van der Waals surface area contributed by atoms with Crippen LogP contribution in [0.1, 0.15) is 70.8 Å². The van der Waals surface area contributed by atoms with Gasteiger partial charge >= 0.3 is 12.2 Å². The zero-order chi connectivity index (χ0) is 36.5. The topological polar surface area (TPSA) is 215 Å². The summed E-state index contributed by atoms with van der Waals surface area (Å²) < 4.78 is 10.3. The van der Waals surface area contributed by atoms with Gasteiger partial charge in [0.1, 0.15) is 24.4 Å². The van der Waals surface area contributed by atoms with Gasteiger partial charge in [-0.3, -0.25) is 28.9 Å². The molecule has 50 heavy (non-hydrogen) atoms. The largest absolute Gasteiger partial charge is 0.514 e. The maximum absolute atomic E-state index is 13.4. The van der Waals surface area contributed by atoms with Crippen molar-refractivity contribution in [2.45, 2.75) is 83.9 Å². The molecule has 1 aromatic carbocycles. The quantitative estimate of drug-likeness (QED) is 0.0816. The highest BCUT2D eigenvalue weighted by Crippen LogP contribution is 2.15. The number of imide groups is 1. The standard InChI is InChI=1S/C35H46N6O9/c1-23(2)31(40-28(42)13-7-4-8-21-41-29(43)18-19-30(41)44)33(46)39-27(12-9-20-37-34(36)47)32(45)38-25-16-14-24(15-17-25)22-49-35(48)50-26-10-5-3-6-11-26/h5,10-11,14-19,23,27,31H,3-4,6-9,12-13,20-22H2,1-2H3,(H,38,45)(H,39,46)(H,40,42)(H3,36,37,47)/t27-,31-/m0/s1. The maximum atomic E-state index is 13.4. The minimum atomic E-state index is -1.01. The van der Waals surface area contributed by atoms with Crippen molar-refractivity contribution in [2.75, 3.05) is 18.4 Å². The summed E-state index contributed by atoms with van der Waals surface area (Å²) in [5.74, 6) is -1.97. The number of hydrogen-bond donors (Lipinski definition) is 5. The van der Waals surface area contributed by atoms with Gasteiger partial charge in [-0.15, -0.1) is 0 Å². The smallest absolute Gasteiger partial charge is 0.429 e. The molecule has 0 spiro atoms. The van der Waals surface area contributed by atoms with Crippen LogP contribution in [0.5, 0.6) is 0 Å². The third-order valence-corrected chi connectivity index (χ3v) is 7.79. The zero-order valence-corrected chi connectivity index (χ0v) is 28.4. The number of urea groups is 1. The molecule has 2 atom stereocenters. The van der Waals surface area contributed by atoms with Crippen LogP contribution in [0.4, 0.5) is 15.3 Å². The molecule has 0 bridgehead atoms. The van der Waals surface area contributed by atoms with Crippen LogP contribution in [-0.4, -0.2) is 71.8 Å². The first-order chi connectivity index (χ1) is 23.9. The number of anilines is 1. The molecule has 2 aliphatic rings. The lowest BCUT2D eigenvalue weighted by Gasteiger charge is -2.25. The molecule has 0 fully saturated rings. The van der Waals surface area contributed by atoms with Crippen LogP contribution in [-0.2, 0) is 40.1 Å². The van der Waals surface area contributed by atoms with E-state index in [2.05, 4.69) is 21.3 Å². The number of carbonyl (C=O) groups is 7. The molecular weight excluding hydrogens is 648 g/mol. The van der Waals surface area contributed by atoms with Gasteiger partial charge in [0, 0.05) is 37.3 Å². The van der Waals surface area contributed by atoms with Crippen molar-refractivity contribution >= 4 is 47.4 Å². The Kier molecular flexibility index (Phi) is 15.7. The van der Waals surface area contributed by atoms with Gasteiger partial charge in [-0.2, -0.15) is 0 Å². The fourth-order valence-corrected chi connectivity index (χ4v) is 5.06. The molecule has 270 valence electrons. The highest BCUT2D eigenvalue weighted by atomic mass is 16.7. The Labute approximate surface area is 291 Å². The van der Waals surface area contributed by atoms with Crippen LogP contribution in [0.2, 0.25) is 0 Å². The maximum Gasteiger partial charge on any atom is 0.514 e. The second-order valence-electron chi connectivity index (χ2n) is 12.2. The zero-order valence-electron chi connectivity index (χ0n) is 28.4. The molecule has 0 saturated heterocycles. The number of rotatable bonds is 19. The van der Waals surface area contributed by atoms with Crippen molar-refractivity contribution in [3.63, 3.8) is 0 Å². The molecule has 6 N–H and O–H groups in total. The molecule has 15 nitrogen and oxygen atoms in total. The molecule has 0 aromatic heterocycles. The Morgan fingerprint density at radius 1 is 0.880 bits per heavy atom. The highest BCUT2D eigenvalue weighted by Gasteiger charge is 2.29. The van der Waals surface area contributed by atoms with Gasteiger partial charge in [0.05, 0.1) is 0 Å². The van der Waals surface area contributed by atoms with Gasteiger partial charge in [-0.1, -0.05) is 38.5 Å². The lowest BCUT2D eigenvalue weighted by atomic mass is 10.0. The van der Waals surface area contributed by atoms with Crippen LogP contribution in [0.25, 0.3) is 0 Å². The molecule has 0 unspecified atom stereocenters. The molecule has 15 heteroatoms. The van der Waals surface area contributed by atoms with Crippen LogP contribution < -0.4 is 27.0 Å². The summed E-state index contributed by atoms with van der Waals surface area (Å²) in [6.45, 7) is 3.94. The molecule has 1 aliphatic heterocycles. The molecule has 0 saturated carbocycles. The number of ether oxygens (including phenoxy) is 2. The monoisotopic (exact) mass is 694 g/mol. The lowest BCUT2D eigenvalue weighted by Crippen LogP contribution is -2.54. The van der Waals surface area contributed by atoms with E-state index in [0.29, 0.717) is 42.7 Å². The molecule has 0 radical (unpaired) electrons. The number of primary amides is 1. The summed E-state index contributed by atoms with van der Waals surface area (Å²) >= 11 is 0. The van der Waals surface area contributed by atoms with E-state index in [1.807, 2.05) is 6.08 Å². The van der Waals surface area contributed by atoms with Gasteiger partial charge in [-0.05, 0) is 74.3 Å². The number of hydrogen-bond acceptors (Lipinski definition) is 9. The van der Waals surface area contributed by atoms with E-state index in [9.17, 15) is 33.6 Å². The Morgan fingerprint density at radius 2 is 1.60 bits per heavy atom. The van der Waals surface area contributed by atoms with E-state index in [1.54, 1.807) is 50.3 Å².